The normalized spacial score (nSPS) is 29.5. The van der Waals surface area contributed by atoms with Crippen molar-refractivity contribution in [3.63, 3.8) is 0 Å². The third-order valence-electron chi connectivity index (χ3n) is 6.04. The summed E-state index contributed by atoms with van der Waals surface area (Å²) < 4.78 is 0. The minimum atomic E-state index is -0.563. The average Bonchev–Trinajstić information content (AvgIpc) is 2.92. The van der Waals surface area contributed by atoms with Crippen molar-refractivity contribution in [1.29, 1.82) is 0 Å². The largest absolute Gasteiger partial charge is 0.345 e. The van der Waals surface area contributed by atoms with Crippen LogP contribution in [-0.4, -0.2) is 23.7 Å². The van der Waals surface area contributed by atoms with Crippen LogP contribution in [0.4, 0.5) is 0 Å². The van der Waals surface area contributed by atoms with E-state index in [2.05, 4.69) is 56.7 Å². The summed E-state index contributed by atoms with van der Waals surface area (Å²) in [7, 11) is 0. The molecule has 2 rings (SSSR count). The minimum absolute atomic E-state index is 0.0558. The Kier molecular flexibility index (Phi) is 7.99. The molecular weight excluding hydrogens is 350 g/mol. The van der Waals surface area contributed by atoms with E-state index in [1.807, 2.05) is 6.92 Å². The van der Waals surface area contributed by atoms with Gasteiger partial charge in [-0.05, 0) is 62.2 Å². The first-order valence-corrected chi connectivity index (χ1v) is 10.8. The molecule has 0 bridgehead atoms. The maximum Gasteiger partial charge on any atom is 0.223 e. The van der Waals surface area contributed by atoms with Gasteiger partial charge in [-0.25, -0.2) is 9.78 Å². The number of carbonyl (C=O) groups is 1. The van der Waals surface area contributed by atoms with E-state index in [1.165, 1.54) is 0 Å². The molecule has 2 fully saturated rings. The van der Waals surface area contributed by atoms with Crippen LogP contribution in [0.1, 0.15) is 92.4 Å². The standard InChI is InChI=1S/C24H37NO3/c1-6-7-8-9-10-11-12-17-25-21(26)18-23(5)19-24(28-27-23)15-13-20(14-16-24)22(2,3)4/h20H,6-8,13-19H2,1-5H3,(H,25,26). The second-order valence-corrected chi connectivity index (χ2v) is 9.78. The summed E-state index contributed by atoms with van der Waals surface area (Å²) in [5.74, 6) is 12.2. The Morgan fingerprint density at radius 3 is 2.46 bits per heavy atom. The minimum Gasteiger partial charge on any atom is -0.345 e. The number of carbonyl (C=O) groups excluding carboxylic acids is 1. The van der Waals surface area contributed by atoms with Crippen molar-refractivity contribution in [1.82, 2.24) is 5.32 Å². The van der Waals surface area contributed by atoms with Gasteiger partial charge in [-0.3, -0.25) is 4.79 Å². The van der Waals surface area contributed by atoms with Crippen LogP contribution in [0.25, 0.3) is 0 Å². The maximum absolute atomic E-state index is 12.3. The van der Waals surface area contributed by atoms with E-state index < -0.39 is 5.60 Å². The molecule has 0 radical (unpaired) electrons. The van der Waals surface area contributed by atoms with Crippen LogP contribution < -0.4 is 5.32 Å². The van der Waals surface area contributed by atoms with Crippen LogP contribution in [0.5, 0.6) is 0 Å². The van der Waals surface area contributed by atoms with Gasteiger partial charge in [0, 0.05) is 12.8 Å². The van der Waals surface area contributed by atoms with Crippen LogP contribution in [-0.2, 0) is 14.6 Å². The van der Waals surface area contributed by atoms with Crippen molar-refractivity contribution >= 4 is 5.91 Å². The predicted molar refractivity (Wildman–Crippen MR) is 112 cm³/mol. The van der Waals surface area contributed by atoms with E-state index in [-0.39, 0.29) is 11.5 Å². The van der Waals surface area contributed by atoms with Crippen molar-refractivity contribution in [3.8, 4) is 23.7 Å². The second-order valence-electron chi connectivity index (χ2n) is 9.78. The molecule has 1 aliphatic carbocycles. The molecule has 1 unspecified atom stereocenters. The Morgan fingerprint density at radius 2 is 1.82 bits per heavy atom. The maximum atomic E-state index is 12.3. The highest BCUT2D eigenvalue weighted by molar-refractivity contribution is 5.77. The van der Waals surface area contributed by atoms with Gasteiger partial charge in [-0.2, -0.15) is 0 Å². The number of hydrogen-bond acceptors (Lipinski definition) is 3. The molecule has 1 amide bonds. The fourth-order valence-electron chi connectivity index (χ4n) is 4.30. The first-order valence-electron chi connectivity index (χ1n) is 10.8. The Hall–Kier alpha value is -1.49. The lowest BCUT2D eigenvalue weighted by Crippen LogP contribution is -2.39. The van der Waals surface area contributed by atoms with Crippen LogP contribution in [0.15, 0.2) is 0 Å². The van der Waals surface area contributed by atoms with Gasteiger partial charge in [-0.1, -0.05) is 46.0 Å². The van der Waals surface area contributed by atoms with Gasteiger partial charge in [0.2, 0.25) is 5.91 Å². The molecule has 0 aromatic heterocycles. The van der Waals surface area contributed by atoms with E-state index in [0.29, 0.717) is 18.4 Å². The average molecular weight is 388 g/mol. The first kappa shape index (κ1) is 22.8. The van der Waals surface area contributed by atoms with Crippen LogP contribution in [0, 0.1) is 35.0 Å². The van der Waals surface area contributed by atoms with Crippen molar-refractivity contribution in [2.45, 2.75) is 104 Å². The van der Waals surface area contributed by atoms with E-state index in [1.54, 1.807) is 0 Å². The molecule has 1 atom stereocenters. The summed E-state index contributed by atoms with van der Waals surface area (Å²) in [5.41, 5.74) is -0.442. The van der Waals surface area contributed by atoms with Gasteiger partial charge in [-0.15, -0.1) is 0 Å². The van der Waals surface area contributed by atoms with Crippen molar-refractivity contribution in [2.24, 2.45) is 11.3 Å². The smallest absolute Gasteiger partial charge is 0.223 e. The van der Waals surface area contributed by atoms with E-state index in [9.17, 15) is 4.79 Å². The third kappa shape index (κ3) is 6.84. The monoisotopic (exact) mass is 387 g/mol. The zero-order chi connectivity index (χ0) is 20.7. The van der Waals surface area contributed by atoms with Gasteiger partial charge in [0.1, 0.15) is 11.2 Å². The highest BCUT2D eigenvalue weighted by Gasteiger charge is 2.52. The molecule has 1 saturated carbocycles. The second kappa shape index (κ2) is 9.82. The van der Waals surface area contributed by atoms with Crippen molar-refractivity contribution in [3.05, 3.63) is 0 Å². The molecule has 0 aromatic carbocycles. The number of rotatable bonds is 5. The molecule has 1 saturated heterocycles. The Balaban J connectivity index is 1.75. The predicted octanol–water partition coefficient (Wildman–Crippen LogP) is 4.78. The SMILES string of the molecule is CCCCC#CC#CCNC(=O)CC1(C)CC2(CCC(C(C)(C)C)CC2)OO1. The van der Waals surface area contributed by atoms with E-state index in [4.69, 9.17) is 9.78 Å². The molecule has 156 valence electrons. The van der Waals surface area contributed by atoms with Gasteiger partial charge in [0.05, 0.1) is 13.0 Å². The number of amides is 1. The quantitative estimate of drug-likeness (QED) is 0.420. The molecule has 0 aromatic rings. The van der Waals surface area contributed by atoms with Gasteiger partial charge >= 0.3 is 0 Å². The molecule has 4 nitrogen and oxygen atoms in total. The molecular formula is C24H37NO3. The molecule has 1 N–H and O–H groups in total. The Labute approximate surface area is 171 Å². The summed E-state index contributed by atoms with van der Waals surface area (Å²) >= 11 is 0. The summed E-state index contributed by atoms with van der Waals surface area (Å²) in [6, 6.07) is 0. The molecule has 1 aliphatic heterocycles. The summed E-state index contributed by atoms with van der Waals surface area (Å²) in [4.78, 5) is 23.8. The van der Waals surface area contributed by atoms with Gasteiger partial charge in [0.15, 0.2) is 0 Å². The van der Waals surface area contributed by atoms with Crippen LogP contribution >= 0.6 is 0 Å². The zero-order valence-electron chi connectivity index (χ0n) is 18.4. The fraction of sp³-hybridized carbons (Fsp3) is 0.792. The van der Waals surface area contributed by atoms with E-state index in [0.717, 1.165) is 57.3 Å². The zero-order valence-corrected chi connectivity index (χ0v) is 18.4. The van der Waals surface area contributed by atoms with Crippen molar-refractivity contribution in [2.75, 3.05) is 6.54 Å². The Morgan fingerprint density at radius 1 is 1.14 bits per heavy atom. The lowest BCUT2D eigenvalue weighted by atomic mass is 9.66. The summed E-state index contributed by atoms with van der Waals surface area (Å²) in [6.07, 6.45) is 8.52. The molecule has 28 heavy (non-hydrogen) atoms. The fourth-order valence-corrected chi connectivity index (χ4v) is 4.30. The van der Waals surface area contributed by atoms with Gasteiger partial charge in [0.25, 0.3) is 0 Å². The highest BCUT2D eigenvalue weighted by Crippen LogP contribution is 2.50. The topological polar surface area (TPSA) is 47.6 Å². The van der Waals surface area contributed by atoms with Gasteiger partial charge < -0.3 is 5.32 Å². The Bertz CT molecular complexity index is 647. The van der Waals surface area contributed by atoms with Crippen molar-refractivity contribution < 1.29 is 14.6 Å². The lowest BCUT2D eigenvalue weighted by Gasteiger charge is -2.40. The molecule has 1 heterocycles. The number of nitrogens with one attached hydrogen (secondary N) is 1. The van der Waals surface area contributed by atoms with Crippen LogP contribution in [0.3, 0.4) is 0 Å². The van der Waals surface area contributed by atoms with E-state index >= 15 is 0 Å². The summed E-state index contributed by atoms with van der Waals surface area (Å²) in [5, 5.41) is 2.84. The molecule has 2 aliphatic rings. The molecule has 4 heteroatoms. The lowest BCUT2D eigenvalue weighted by molar-refractivity contribution is -0.352. The van der Waals surface area contributed by atoms with Crippen LogP contribution in [0.2, 0.25) is 0 Å². The number of unbranched alkanes of at least 4 members (excludes halogenated alkanes) is 2. The summed E-state index contributed by atoms with van der Waals surface area (Å²) in [6.45, 7) is 11.4. The number of hydrogen-bond donors (Lipinski definition) is 1. The molecule has 1 spiro atoms. The highest BCUT2D eigenvalue weighted by atomic mass is 17.2. The third-order valence-corrected chi connectivity index (χ3v) is 6.04. The first-order chi connectivity index (χ1) is 13.2.